The number of nitrogens with two attached hydrogens (primary N) is 1. The first-order valence-electron chi connectivity index (χ1n) is 6.18. The Balaban J connectivity index is 1.93. The Bertz CT molecular complexity index is 504. The second kappa shape index (κ2) is 4.99. The third-order valence-electron chi connectivity index (χ3n) is 3.44. The molecule has 0 aliphatic heterocycles. The van der Waals surface area contributed by atoms with E-state index in [1.165, 1.54) is 0 Å². The maximum Gasteiger partial charge on any atom is 0.215 e. The van der Waals surface area contributed by atoms with Crippen molar-refractivity contribution in [2.24, 2.45) is 11.1 Å². The molecule has 1 aromatic carbocycles. The normalized spacial score (nSPS) is 17.7. The maximum atomic E-state index is 11.9. The van der Waals surface area contributed by atoms with Crippen LogP contribution >= 0.6 is 0 Å². The van der Waals surface area contributed by atoms with Crippen molar-refractivity contribution in [1.82, 2.24) is 4.72 Å². The predicted octanol–water partition coefficient (Wildman–Crippen LogP) is 1.36. The maximum absolute atomic E-state index is 11.9. The fourth-order valence-corrected chi connectivity index (χ4v) is 3.02. The molecule has 1 aromatic rings. The molecule has 1 aliphatic rings. The third-order valence-corrected chi connectivity index (χ3v) is 4.74. The fraction of sp³-hybridized carbons (Fsp3) is 0.538. The Morgan fingerprint density at radius 2 is 1.78 bits per heavy atom. The molecule has 2 rings (SSSR count). The van der Waals surface area contributed by atoms with Crippen LogP contribution in [0.1, 0.15) is 30.9 Å². The summed E-state index contributed by atoms with van der Waals surface area (Å²) in [5, 5.41) is 0. The predicted molar refractivity (Wildman–Crippen MR) is 72.3 cm³/mol. The van der Waals surface area contributed by atoms with Crippen molar-refractivity contribution < 1.29 is 8.42 Å². The summed E-state index contributed by atoms with van der Waals surface area (Å²) in [4.78, 5) is 0. The lowest BCUT2D eigenvalue weighted by Crippen LogP contribution is -2.30. The summed E-state index contributed by atoms with van der Waals surface area (Å²) in [5.41, 5.74) is 7.49. The van der Waals surface area contributed by atoms with E-state index in [0.717, 1.165) is 24.0 Å². The van der Waals surface area contributed by atoms with Crippen molar-refractivity contribution in [2.45, 2.75) is 32.1 Å². The van der Waals surface area contributed by atoms with E-state index < -0.39 is 10.0 Å². The van der Waals surface area contributed by atoms with Gasteiger partial charge in [-0.1, -0.05) is 31.2 Å². The number of sulfonamides is 1. The van der Waals surface area contributed by atoms with Gasteiger partial charge in [0.2, 0.25) is 10.0 Å². The highest BCUT2D eigenvalue weighted by Gasteiger charge is 2.37. The largest absolute Gasteiger partial charge is 0.326 e. The van der Waals surface area contributed by atoms with Gasteiger partial charge in [-0.3, -0.25) is 0 Å². The minimum absolute atomic E-state index is 0.0356. The number of rotatable bonds is 6. The van der Waals surface area contributed by atoms with Gasteiger partial charge >= 0.3 is 0 Å². The highest BCUT2D eigenvalue weighted by molar-refractivity contribution is 7.88. The van der Waals surface area contributed by atoms with Gasteiger partial charge < -0.3 is 5.73 Å². The molecular weight excluding hydrogens is 248 g/mol. The summed E-state index contributed by atoms with van der Waals surface area (Å²) in [6.45, 7) is 3.13. The van der Waals surface area contributed by atoms with Crippen LogP contribution in [0.4, 0.5) is 0 Å². The van der Waals surface area contributed by atoms with Gasteiger partial charge in [0.1, 0.15) is 0 Å². The molecule has 0 unspecified atom stereocenters. The molecule has 0 spiro atoms. The first-order chi connectivity index (χ1) is 8.42. The average Bonchev–Trinajstić information content (AvgIpc) is 3.07. The van der Waals surface area contributed by atoms with Crippen LogP contribution in [0.5, 0.6) is 0 Å². The molecule has 4 nitrogen and oxygen atoms in total. The zero-order chi connectivity index (χ0) is 13.2. The minimum Gasteiger partial charge on any atom is -0.326 e. The summed E-state index contributed by atoms with van der Waals surface area (Å²) in [7, 11) is -3.23. The second-order valence-corrected chi connectivity index (χ2v) is 7.22. The Morgan fingerprint density at radius 1 is 1.22 bits per heavy atom. The Morgan fingerprint density at radius 3 is 2.28 bits per heavy atom. The zero-order valence-electron chi connectivity index (χ0n) is 10.6. The molecule has 0 bridgehead atoms. The van der Waals surface area contributed by atoms with Gasteiger partial charge in [-0.2, -0.15) is 0 Å². The molecule has 0 amide bonds. The summed E-state index contributed by atoms with van der Waals surface area (Å²) in [6.07, 6.45) is 2.22. The second-order valence-electron chi connectivity index (χ2n) is 5.41. The summed E-state index contributed by atoms with van der Waals surface area (Å²) in [6, 6.07) is 7.38. The third kappa shape index (κ3) is 3.80. The molecule has 0 atom stereocenters. The van der Waals surface area contributed by atoms with E-state index >= 15 is 0 Å². The lowest BCUT2D eigenvalue weighted by molar-refractivity contribution is 0.530. The van der Waals surface area contributed by atoms with Crippen LogP contribution in [0.15, 0.2) is 24.3 Å². The van der Waals surface area contributed by atoms with Gasteiger partial charge in [-0.15, -0.1) is 0 Å². The van der Waals surface area contributed by atoms with E-state index in [1.807, 2.05) is 24.3 Å². The van der Waals surface area contributed by atoms with Crippen molar-refractivity contribution in [3.05, 3.63) is 35.4 Å². The molecular formula is C13H20N2O2S. The van der Waals surface area contributed by atoms with Crippen LogP contribution in [0.2, 0.25) is 0 Å². The van der Waals surface area contributed by atoms with Crippen molar-refractivity contribution >= 4 is 10.0 Å². The fourth-order valence-electron chi connectivity index (χ4n) is 1.72. The molecule has 18 heavy (non-hydrogen) atoms. The first-order valence-corrected chi connectivity index (χ1v) is 7.83. The van der Waals surface area contributed by atoms with E-state index in [9.17, 15) is 8.42 Å². The van der Waals surface area contributed by atoms with Gasteiger partial charge in [0, 0.05) is 13.1 Å². The van der Waals surface area contributed by atoms with Gasteiger partial charge in [0.15, 0.2) is 0 Å². The Kier molecular flexibility index (Phi) is 3.75. The highest BCUT2D eigenvalue weighted by Crippen LogP contribution is 2.44. The van der Waals surface area contributed by atoms with E-state index in [-0.39, 0.29) is 11.2 Å². The molecule has 1 fully saturated rings. The van der Waals surface area contributed by atoms with Gasteiger partial charge in [-0.25, -0.2) is 13.1 Å². The Hall–Kier alpha value is -0.910. The van der Waals surface area contributed by atoms with Crippen LogP contribution in [0, 0.1) is 5.41 Å². The van der Waals surface area contributed by atoms with Crippen LogP contribution in [-0.2, 0) is 22.3 Å². The number of hydrogen-bond donors (Lipinski definition) is 2. The van der Waals surface area contributed by atoms with Gasteiger partial charge in [0.25, 0.3) is 0 Å². The lowest BCUT2D eigenvalue weighted by atomic mass is 10.1. The number of hydrogen-bond acceptors (Lipinski definition) is 3. The zero-order valence-corrected chi connectivity index (χ0v) is 11.5. The van der Waals surface area contributed by atoms with Crippen molar-refractivity contribution in [3.63, 3.8) is 0 Å². The van der Waals surface area contributed by atoms with Crippen LogP contribution in [0.3, 0.4) is 0 Å². The van der Waals surface area contributed by atoms with E-state index in [2.05, 4.69) is 11.6 Å². The topological polar surface area (TPSA) is 72.2 Å². The average molecular weight is 268 g/mol. The quantitative estimate of drug-likeness (QED) is 0.818. The van der Waals surface area contributed by atoms with Crippen LogP contribution in [0.25, 0.3) is 0 Å². The van der Waals surface area contributed by atoms with Crippen LogP contribution < -0.4 is 10.5 Å². The lowest BCUT2D eigenvalue weighted by Gasteiger charge is -2.11. The molecule has 1 saturated carbocycles. The molecule has 5 heteroatoms. The molecule has 100 valence electrons. The molecule has 0 aromatic heterocycles. The van der Waals surface area contributed by atoms with Crippen molar-refractivity contribution in [3.8, 4) is 0 Å². The smallest absolute Gasteiger partial charge is 0.215 e. The first kappa shape index (κ1) is 13.5. The SMILES string of the molecule is CC1(CNS(=O)(=O)Cc2ccc(CN)cc2)CC1. The van der Waals surface area contributed by atoms with E-state index in [1.54, 1.807) is 0 Å². The molecule has 0 saturated heterocycles. The number of benzene rings is 1. The molecule has 3 N–H and O–H groups in total. The van der Waals surface area contributed by atoms with Crippen molar-refractivity contribution in [2.75, 3.05) is 6.54 Å². The Labute approximate surface area is 109 Å². The minimum atomic E-state index is -3.23. The summed E-state index contributed by atoms with van der Waals surface area (Å²) >= 11 is 0. The molecule has 0 heterocycles. The summed E-state index contributed by atoms with van der Waals surface area (Å²) in [5.74, 6) is 0.0356. The van der Waals surface area contributed by atoms with E-state index in [0.29, 0.717) is 13.1 Å². The number of nitrogens with one attached hydrogen (secondary N) is 1. The highest BCUT2D eigenvalue weighted by atomic mass is 32.2. The van der Waals surface area contributed by atoms with Gasteiger partial charge in [-0.05, 0) is 29.4 Å². The van der Waals surface area contributed by atoms with E-state index in [4.69, 9.17) is 5.73 Å². The summed E-state index contributed by atoms with van der Waals surface area (Å²) < 4.78 is 26.5. The van der Waals surface area contributed by atoms with Gasteiger partial charge in [0.05, 0.1) is 5.75 Å². The molecule has 1 aliphatic carbocycles. The van der Waals surface area contributed by atoms with Crippen molar-refractivity contribution in [1.29, 1.82) is 0 Å². The van der Waals surface area contributed by atoms with Crippen LogP contribution in [-0.4, -0.2) is 15.0 Å². The monoisotopic (exact) mass is 268 g/mol. The standard InChI is InChI=1S/C13H20N2O2S/c1-13(6-7-13)10-15-18(16,17)9-12-4-2-11(8-14)3-5-12/h2-5,15H,6-10,14H2,1H3. The molecule has 0 radical (unpaired) electrons.